The lowest BCUT2D eigenvalue weighted by Crippen LogP contribution is -2.38. The second-order valence-corrected chi connectivity index (χ2v) is 5.41. The molecule has 0 bridgehead atoms. The van der Waals surface area contributed by atoms with Crippen LogP contribution in [0.4, 0.5) is 0 Å². The number of hydrogen-bond acceptors (Lipinski definition) is 2. The number of para-hydroxylation sites is 1. The Morgan fingerprint density at radius 1 is 0.950 bits per heavy atom. The van der Waals surface area contributed by atoms with E-state index in [1.165, 1.54) is 0 Å². The Morgan fingerprint density at radius 3 is 2.35 bits per heavy atom. The van der Waals surface area contributed by atoms with Crippen molar-refractivity contribution < 1.29 is 9.53 Å². The van der Waals surface area contributed by atoms with Gasteiger partial charge in [-0.25, -0.2) is 0 Å². The summed E-state index contributed by atoms with van der Waals surface area (Å²) in [4.78, 5) is 12.7. The predicted molar refractivity (Wildman–Crippen MR) is 79.9 cm³/mol. The molecule has 3 rings (SSSR count). The molecular weight excluding hydrogens is 248 g/mol. The smallest absolute Gasteiger partial charge is 0.196 e. The summed E-state index contributed by atoms with van der Waals surface area (Å²) in [7, 11) is 0. The van der Waals surface area contributed by atoms with Crippen LogP contribution in [0.5, 0.6) is 5.75 Å². The first-order valence-electron chi connectivity index (χ1n) is 6.68. The lowest BCUT2D eigenvalue weighted by Gasteiger charge is -2.34. The maximum absolute atomic E-state index is 12.7. The summed E-state index contributed by atoms with van der Waals surface area (Å²) in [6.07, 6.45) is 1.91. The summed E-state index contributed by atoms with van der Waals surface area (Å²) in [5, 5.41) is 0. The van der Waals surface area contributed by atoms with E-state index < -0.39 is 5.60 Å². The maximum Gasteiger partial charge on any atom is 0.196 e. The van der Waals surface area contributed by atoms with E-state index in [4.69, 9.17) is 4.74 Å². The third-order valence-electron chi connectivity index (χ3n) is 3.50. The molecule has 2 aromatic carbocycles. The number of hydrogen-bond donors (Lipinski definition) is 0. The van der Waals surface area contributed by atoms with Gasteiger partial charge in [-0.05, 0) is 37.6 Å². The first kappa shape index (κ1) is 12.7. The van der Waals surface area contributed by atoms with E-state index in [2.05, 4.69) is 0 Å². The zero-order chi connectivity index (χ0) is 14.2. The van der Waals surface area contributed by atoms with Gasteiger partial charge in [0.2, 0.25) is 0 Å². The summed E-state index contributed by atoms with van der Waals surface area (Å²) in [6.45, 7) is 3.85. The second-order valence-electron chi connectivity index (χ2n) is 5.41. The molecule has 0 fully saturated rings. The first-order valence-corrected chi connectivity index (χ1v) is 6.68. The molecule has 2 nitrogen and oxygen atoms in total. The number of carbonyl (C=O) groups excluding carboxylic acids is 1. The highest BCUT2D eigenvalue weighted by molar-refractivity contribution is 6.15. The molecular formula is C18H16O2. The molecule has 0 N–H and O–H groups in total. The standard InChI is InChI=1S/C18H16O2/c1-18(2)15(12-13-8-4-3-5-9-13)17(19)14-10-6-7-11-16(14)20-18/h3-12H,1-2H3/b15-12-. The predicted octanol–water partition coefficient (Wildman–Crippen LogP) is 4.12. The van der Waals surface area contributed by atoms with E-state index in [1.54, 1.807) is 0 Å². The lowest BCUT2D eigenvalue weighted by molar-refractivity contribution is 0.0862. The van der Waals surface area contributed by atoms with Crippen molar-refractivity contribution in [2.45, 2.75) is 19.4 Å². The molecule has 0 saturated heterocycles. The largest absolute Gasteiger partial charge is 0.482 e. The van der Waals surface area contributed by atoms with E-state index in [9.17, 15) is 4.79 Å². The van der Waals surface area contributed by atoms with Crippen LogP contribution in [0.15, 0.2) is 60.2 Å². The van der Waals surface area contributed by atoms with E-state index >= 15 is 0 Å². The normalized spacial score (nSPS) is 18.5. The molecule has 0 aliphatic carbocycles. The fourth-order valence-corrected chi connectivity index (χ4v) is 2.45. The number of ether oxygens (including phenoxy) is 1. The van der Waals surface area contributed by atoms with E-state index in [0.717, 1.165) is 5.56 Å². The van der Waals surface area contributed by atoms with Crippen LogP contribution in [0.2, 0.25) is 0 Å². The Kier molecular flexibility index (Phi) is 2.94. The van der Waals surface area contributed by atoms with Gasteiger partial charge in [0.1, 0.15) is 11.4 Å². The SMILES string of the molecule is CC1(C)Oc2ccccc2C(=O)/C1=C/c1ccccc1. The number of carbonyl (C=O) groups is 1. The van der Waals surface area contributed by atoms with Crippen molar-refractivity contribution in [2.75, 3.05) is 0 Å². The molecule has 0 atom stereocenters. The maximum atomic E-state index is 12.7. The molecule has 1 aliphatic heterocycles. The summed E-state index contributed by atoms with van der Waals surface area (Å²) < 4.78 is 5.99. The monoisotopic (exact) mass is 264 g/mol. The minimum Gasteiger partial charge on any atom is -0.482 e. The average Bonchev–Trinajstić information content (AvgIpc) is 2.44. The Morgan fingerprint density at radius 2 is 1.60 bits per heavy atom. The molecule has 0 spiro atoms. The fourth-order valence-electron chi connectivity index (χ4n) is 2.45. The van der Waals surface area contributed by atoms with Gasteiger partial charge < -0.3 is 4.74 Å². The number of ketones is 1. The van der Waals surface area contributed by atoms with Crippen LogP contribution < -0.4 is 4.74 Å². The van der Waals surface area contributed by atoms with Crippen molar-refractivity contribution in [3.05, 3.63) is 71.3 Å². The van der Waals surface area contributed by atoms with Crippen LogP contribution in [0.25, 0.3) is 6.08 Å². The molecule has 2 aromatic rings. The van der Waals surface area contributed by atoms with Gasteiger partial charge in [0, 0.05) is 5.57 Å². The van der Waals surface area contributed by atoms with Gasteiger partial charge >= 0.3 is 0 Å². The molecule has 20 heavy (non-hydrogen) atoms. The summed E-state index contributed by atoms with van der Waals surface area (Å²) >= 11 is 0. The lowest BCUT2D eigenvalue weighted by atomic mass is 9.86. The molecule has 1 aliphatic rings. The number of benzene rings is 2. The van der Waals surface area contributed by atoms with Gasteiger partial charge in [-0.15, -0.1) is 0 Å². The van der Waals surface area contributed by atoms with Crippen molar-refractivity contribution >= 4 is 11.9 Å². The highest BCUT2D eigenvalue weighted by Gasteiger charge is 2.37. The van der Waals surface area contributed by atoms with Gasteiger partial charge in [0.15, 0.2) is 5.78 Å². The zero-order valence-electron chi connectivity index (χ0n) is 11.6. The van der Waals surface area contributed by atoms with Gasteiger partial charge in [0.25, 0.3) is 0 Å². The average molecular weight is 264 g/mol. The number of Topliss-reactive ketones (excluding diaryl/α,β-unsaturated/α-hetero) is 1. The van der Waals surface area contributed by atoms with E-state index in [-0.39, 0.29) is 5.78 Å². The van der Waals surface area contributed by atoms with Crippen molar-refractivity contribution in [3.63, 3.8) is 0 Å². The van der Waals surface area contributed by atoms with E-state index in [1.807, 2.05) is 74.5 Å². The highest BCUT2D eigenvalue weighted by Crippen LogP contribution is 2.37. The molecule has 0 unspecified atom stereocenters. The Labute approximate surface area is 118 Å². The number of fused-ring (bicyclic) bond motifs is 1. The van der Waals surface area contributed by atoms with Crippen LogP contribution in [-0.2, 0) is 0 Å². The third kappa shape index (κ3) is 2.14. The quantitative estimate of drug-likeness (QED) is 0.724. The fraction of sp³-hybridized carbons (Fsp3) is 0.167. The van der Waals surface area contributed by atoms with Crippen LogP contribution in [0.3, 0.4) is 0 Å². The molecule has 2 heteroatoms. The molecule has 0 saturated carbocycles. The zero-order valence-corrected chi connectivity index (χ0v) is 11.6. The van der Waals surface area contributed by atoms with Gasteiger partial charge in [-0.3, -0.25) is 4.79 Å². The highest BCUT2D eigenvalue weighted by atomic mass is 16.5. The van der Waals surface area contributed by atoms with Crippen LogP contribution in [-0.4, -0.2) is 11.4 Å². The van der Waals surface area contributed by atoms with Gasteiger partial charge in [-0.1, -0.05) is 42.5 Å². The topological polar surface area (TPSA) is 26.3 Å². The third-order valence-corrected chi connectivity index (χ3v) is 3.50. The van der Waals surface area contributed by atoms with Crippen molar-refractivity contribution in [3.8, 4) is 5.75 Å². The van der Waals surface area contributed by atoms with Gasteiger partial charge in [-0.2, -0.15) is 0 Å². The summed E-state index contributed by atoms with van der Waals surface area (Å²) in [6, 6.07) is 17.2. The van der Waals surface area contributed by atoms with Crippen molar-refractivity contribution in [1.82, 2.24) is 0 Å². The van der Waals surface area contributed by atoms with Crippen LogP contribution in [0.1, 0.15) is 29.8 Å². The second kappa shape index (κ2) is 4.64. The van der Waals surface area contributed by atoms with Crippen LogP contribution in [0, 0.1) is 0 Å². The van der Waals surface area contributed by atoms with Gasteiger partial charge in [0.05, 0.1) is 5.56 Å². The summed E-state index contributed by atoms with van der Waals surface area (Å²) in [5.74, 6) is 0.702. The number of rotatable bonds is 1. The minimum absolute atomic E-state index is 0.0423. The molecule has 0 radical (unpaired) electrons. The Hall–Kier alpha value is -2.35. The molecule has 0 aromatic heterocycles. The van der Waals surface area contributed by atoms with Crippen molar-refractivity contribution in [2.24, 2.45) is 0 Å². The van der Waals surface area contributed by atoms with Crippen LogP contribution >= 0.6 is 0 Å². The Balaban J connectivity index is 2.12. The van der Waals surface area contributed by atoms with E-state index in [0.29, 0.717) is 16.9 Å². The summed E-state index contributed by atoms with van der Waals surface area (Å²) in [5.41, 5.74) is 1.70. The molecule has 1 heterocycles. The van der Waals surface area contributed by atoms with Crippen molar-refractivity contribution in [1.29, 1.82) is 0 Å². The first-order chi connectivity index (χ1) is 9.58. The molecule has 100 valence electrons. The molecule has 0 amide bonds. The minimum atomic E-state index is -0.624. The Bertz CT molecular complexity index is 682.